The Bertz CT molecular complexity index is 481. The van der Waals surface area contributed by atoms with Gasteiger partial charge < -0.3 is 5.73 Å². The first-order valence-electron chi connectivity index (χ1n) is 5.21. The molecule has 0 aliphatic carbocycles. The van der Waals surface area contributed by atoms with Crippen molar-refractivity contribution in [2.75, 3.05) is 5.73 Å². The van der Waals surface area contributed by atoms with Gasteiger partial charge in [-0.2, -0.15) is 0 Å². The lowest BCUT2D eigenvalue weighted by atomic mass is 10.1. The van der Waals surface area contributed by atoms with Crippen LogP contribution in [0.15, 0.2) is 42.5 Å². The van der Waals surface area contributed by atoms with Gasteiger partial charge in [0.15, 0.2) is 0 Å². The second-order valence-electron chi connectivity index (χ2n) is 3.71. The second kappa shape index (κ2) is 4.62. The molecule has 0 aliphatic rings. The molecule has 2 rings (SSSR count). The molecule has 2 N–H and O–H groups in total. The number of nitrogens with zero attached hydrogens (tertiary/aromatic N) is 1. The minimum atomic E-state index is 0.563. The van der Waals surface area contributed by atoms with E-state index >= 15 is 0 Å². The van der Waals surface area contributed by atoms with Crippen molar-refractivity contribution >= 4 is 18.0 Å². The molecule has 0 saturated carbocycles. The largest absolute Gasteiger partial charge is 0.384 e. The SMILES string of the molecule is Cc1cc(/C=C/c2ccccc2)cc(N)n1. The van der Waals surface area contributed by atoms with Crippen LogP contribution in [-0.2, 0) is 0 Å². The molecular formula is C14H14N2. The molecule has 0 atom stereocenters. The quantitative estimate of drug-likeness (QED) is 0.827. The number of aromatic nitrogens is 1. The lowest BCUT2D eigenvalue weighted by Crippen LogP contribution is -1.92. The monoisotopic (exact) mass is 210 g/mol. The average Bonchev–Trinajstić information content (AvgIpc) is 2.27. The molecule has 0 unspecified atom stereocenters. The molecule has 80 valence electrons. The van der Waals surface area contributed by atoms with Crippen molar-refractivity contribution in [2.45, 2.75) is 6.92 Å². The molecule has 0 radical (unpaired) electrons. The van der Waals surface area contributed by atoms with E-state index in [0.717, 1.165) is 11.3 Å². The highest BCUT2D eigenvalue weighted by atomic mass is 14.8. The maximum atomic E-state index is 5.68. The fourth-order valence-corrected chi connectivity index (χ4v) is 1.57. The number of hydrogen-bond acceptors (Lipinski definition) is 2. The van der Waals surface area contributed by atoms with Crippen molar-refractivity contribution in [3.8, 4) is 0 Å². The molecule has 16 heavy (non-hydrogen) atoms. The van der Waals surface area contributed by atoms with Gasteiger partial charge in [-0.1, -0.05) is 42.5 Å². The van der Waals surface area contributed by atoms with Crippen molar-refractivity contribution in [2.24, 2.45) is 0 Å². The van der Waals surface area contributed by atoms with Crippen LogP contribution >= 0.6 is 0 Å². The van der Waals surface area contributed by atoms with Gasteiger partial charge in [0.25, 0.3) is 0 Å². The van der Waals surface area contributed by atoms with E-state index in [2.05, 4.69) is 23.2 Å². The topological polar surface area (TPSA) is 38.9 Å². The first kappa shape index (κ1) is 10.4. The molecule has 2 nitrogen and oxygen atoms in total. The van der Waals surface area contributed by atoms with Crippen LogP contribution in [0.5, 0.6) is 0 Å². The number of nitrogen functional groups attached to an aromatic ring is 1. The Labute approximate surface area is 95.5 Å². The van der Waals surface area contributed by atoms with E-state index in [1.807, 2.05) is 43.3 Å². The van der Waals surface area contributed by atoms with Crippen LogP contribution in [0.25, 0.3) is 12.2 Å². The van der Waals surface area contributed by atoms with Crippen LogP contribution in [-0.4, -0.2) is 4.98 Å². The van der Waals surface area contributed by atoms with Gasteiger partial charge in [0.05, 0.1) is 0 Å². The van der Waals surface area contributed by atoms with E-state index in [9.17, 15) is 0 Å². The molecule has 1 aromatic carbocycles. The van der Waals surface area contributed by atoms with Crippen molar-refractivity contribution in [1.82, 2.24) is 4.98 Å². The van der Waals surface area contributed by atoms with E-state index < -0.39 is 0 Å². The smallest absolute Gasteiger partial charge is 0.124 e. The third-order valence-electron chi connectivity index (χ3n) is 2.26. The fraction of sp³-hybridized carbons (Fsp3) is 0.0714. The molecular weight excluding hydrogens is 196 g/mol. The van der Waals surface area contributed by atoms with Crippen LogP contribution in [0.4, 0.5) is 5.82 Å². The number of pyridine rings is 1. The third-order valence-corrected chi connectivity index (χ3v) is 2.26. The molecule has 0 saturated heterocycles. The Hall–Kier alpha value is -2.09. The number of hydrogen-bond donors (Lipinski definition) is 1. The zero-order valence-corrected chi connectivity index (χ0v) is 9.22. The van der Waals surface area contributed by atoms with Crippen molar-refractivity contribution in [3.63, 3.8) is 0 Å². The summed E-state index contributed by atoms with van der Waals surface area (Å²) < 4.78 is 0. The van der Waals surface area contributed by atoms with E-state index in [1.54, 1.807) is 0 Å². The van der Waals surface area contributed by atoms with Gasteiger partial charge in [0, 0.05) is 5.69 Å². The normalized spacial score (nSPS) is 10.8. The zero-order chi connectivity index (χ0) is 11.4. The molecule has 0 fully saturated rings. The lowest BCUT2D eigenvalue weighted by molar-refractivity contribution is 1.21. The molecule has 1 aromatic heterocycles. The van der Waals surface area contributed by atoms with E-state index in [1.165, 1.54) is 5.56 Å². The van der Waals surface area contributed by atoms with E-state index in [-0.39, 0.29) is 0 Å². The third kappa shape index (κ3) is 2.70. The van der Waals surface area contributed by atoms with E-state index in [4.69, 9.17) is 5.73 Å². The van der Waals surface area contributed by atoms with Gasteiger partial charge in [-0.3, -0.25) is 0 Å². The summed E-state index contributed by atoms with van der Waals surface area (Å²) in [5, 5.41) is 0. The first-order valence-corrected chi connectivity index (χ1v) is 5.21. The van der Waals surface area contributed by atoms with Crippen LogP contribution < -0.4 is 5.73 Å². The molecule has 2 heteroatoms. The molecule has 0 bridgehead atoms. The van der Waals surface area contributed by atoms with Crippen LogP contribution in [0.2, 0.25) is 0 Å². The summed E-state index contributed by atoms with van der Waals surface area (Å²) in [6.45, 7) is 1.94. The Morgan fingerprint density at radius 3 is 2.38 bits per heavy atom. The standard InChI is InChI=1S/C14H14N2/c1-11-9-13(10-14(15)16-11)8-7-12-5-3-2-4-6-12/h2-10H,1H3,(H2,15,16)/b8-7+. The summed E-state index contributed by atoms with van der Waals surface area (Å²) >= 11 is 0. The fourth-order valence-electron chi connectivity index (χ4n) is 1.57. The van der Waals surface area contributed by atoms with Crippen LogP contribution in [0.1, 0.15) is 16.8 Å². The van der Waals surface area contributed by atoms with Gasteiger partial charge in [0.1, 0.15) is 5.82 Å². The summed E-state index contributed by atoms with van der Waals surface area (Å²) in [4.78, 5) is 4.13. The van der Waals surface area contributed by atoms with Gasteiger partial charge >= 0.3 is 0 Å². The summed E-state index contributed by atoms with van der Waals surface area (Å²) in [6, 6.07) is 14.0. The number of anilines is 1. The minimum absolute atomic E-state index is 0.563. The van der Waals surface area contributed by atoms with Gasteiger partial charge in [-0.05, 0) is 30.2 Å². The molecule has 0 spiro atoms. The number of benzene rings is 1. The van der Waals surface area contributed by atoms with Gasteiger partial charge in [-0.15, -0.1) is 0 Å². The summed E-state index contributed by atoms with van der Waals surface area (Å²) in [5.41, 5.74) is 8.88. The maximum absolute atomic E-state index is 5.68. The number of rotatable bonds is 2. The summed E-state index contributed by atoms with van der Waals surface area (Å²) in [6.07, 6.45) is 4.11. The highest BCUT2D eigenvalue weighted by molar-refractivity contribution is 5.70. The lowest BCUT2D eigenvalue weighted by Gasteiger charge is -1.99. The highest BCUT2D eigenvalue weighted by Gasteiger charge is 1.93. The Balaban J connectivity index is 2.24. The van der Waals surface area contributed by atoms with Crippen molar-refractivity contribution in [3.05, 3.63) is 59.3 Å². The summed E-state index contributed by atoms with van der Waals surface area (Å²) in [7, 11) is 0. The Morgan fingerprint density at radius 2 is 1.69 bits per heavy atom. The highest BCUT2D eigenvalue weighted by Crippen LogP contribution is 2.11. The molecule has 0 amide bonds. The molecule has 1 heterocycles. The zero-order valence-electron chi connectivity index (χ0n) is 9.22. The number of nitrogens with two attached hydrogens (primary N) is 1. The predicted octanol–water partition coefficient (Wildman–Crippen LogP) is 3.14. The van der Waals surface area contributed by atoms with Crippen LogP contribution in [0, 0.1) is 6.92 Å². The van der Waals surface area contributed by atoms with Gasteiger partial charge in [0.2, 0.25) is 0 Å². The summed E-state index contributed by atoms with van der Waals surface area (Å²) in [5.74, 6) is 0.563. The average molecular weight is 210 g/mol. The first-order chi connectivity index (χ1) is 7.74. The van der Waals surface area contributed by atoms with Gasteiger partial charge in [-0.25, -0.2) is 4.98 Å². The maximum Gasteiger partial charge on any atom is 0.124 e. The van der Waals surface area contributed by atoms with Crippen molar-refractivity contribution < 1.29 is 0 Å². The second-order valence-corrected chi connectivity index (χ2v) is 3.71. The number of aryl methyl sites for hydroxylation is 1. The Morgan fingerprint density at radius 1 is 1.00 bits per heavy atom. The van der Waals surface area contributed by atoms with Crippen LogP contribution in [0.3, 0.4) is 0 Å². The van der Waals surface area contributed by atoms with Crippen molar-refractivity contribution in [1.29, 1.82) is 0 Å². The molecule has 2 aromatic rings. The Kier molecular flexibility index (Phi) is 3.01. The molecule has 0 aliphatic heterocycles. The predicted molar refractivity (Wildman–Crippen MR) is 68.8 cm³/mol. The minimum Gasteiger partial charge on any atom is -0.384 e. The van der Waals surface area contributed by atoms with E-state index in [0.29, 0.717) is 5.82 Å².